The van der Waals surface area contributed by atoms with Crippen molar-refractivity contribution in [2.45, 2.75) is 38.8 Å². The molecule has 1 unspecified atom stereocenters. The Morgan fingerprint density at radius 3 is 2.91 bits per heavy atom. The van der Waals surface area contributed by atoms with E-state index in [2.05, 4.69) is 22.9 Å². The third kappa shape index (κ3) is 4.05. The van der Waals surface area contributed by atoms with Crippen molar-refractivity contribution in [3.63, 3.8) is 0 Å². The smallest absolute Gasteiger partial charge is 0.222 e. The molecule has 1 amide bonds. The van der Waals surface area contributed by atoms with Crippen molar-refractivity contribution >= 4 is 5.91 Å². The van der Waals surface area contributed by atoms with E-state index in [1.165, 1.54) is 18.4 Å². The molecule has 2 aliphatic rings. The van der Waals surface area contributed by atoms with Crippen molar-refractivity contribution in [3.05, 3.63) is 29.6 Å². The molecule has 1 atom stereocenters. The van der Waals surface area contributed by atoms with Gasteiger partial charge in [0, 0.05) is 45.3 Å². The maximum absolute atomic E-state index is 12.2. The van der Waals surface area contributed by atoms with Gasteiger partial charge >= 0.3 is 0 Å². The molecule has 5 heteroatoms. The molecule has 0 radical (unpaired) electrons. The second-order valence-electron chi connectivity index (χ2n) is 6.64. The predicted molar refractivity (Wildman–Crippen MR) is 84.2 cm³/mol. The van der Waals surface area contributed by atoms with Gasteiger partial charge in [-0.1, -0.05) is 6.07 Å². The van der Waals surface area contributed by atoms with Crippen molar-refractivity contribution in [1.29, 1.82) is 0 Å². The number of carbonyl (C=O) groups excluding carboxylic acids is 1. The zero-order valence-electron chi connectivity index (χ0n) is 13.2. The topological polar surface area (TPSA) is 56.7 Å². The molecule has 1 aliphatic heterocycles. The molecule has 2 heterocycles. The van der Waals surface area contributed by atoms with Crippen LogP contribution in [0.15, 0.2) is 18.3 Å². The lowest BCUT2D eigenvalue weighted by atomic mass is 10.2. The number of hydrogen-bond acceptors (Lipinski definition) is 4. The number of aryl methyl sites for hydroxylation is 1. The Morgan fingerprint density at radius 1 is 1.36 bits per heavy atom. The summed E-state index contributed by atoms with van der Waals surface area (Å²) in [6.07, 6.45) is 4.36. The minimum atomic E-state index is -0.477. The molecular weight excluding hydrogens is 278 g/mol. The molecular formula is C17H25N3O2. The Morgan fingerprint density at radius 2 is 2.18 bits per heavy atom. The predicted octanol–water partition coefficient (Wildman–Crippen LogP) is 1.20. The molecule has 22 heavy (non-hydrogen) atoms. The highest BCUT2D eigenvalue weighted by Gasteiger charge is 2.29. The van der Waals surface area contributed by atoms with E-state index in [1.54, 1.807) is 0 Å². The highest BCUT2D eigenvalue weighted by molar-refractivity contribution is 5.76. The van der Waals surface area contributed by atoms with Gasteiger partial charge in [-0.15, -0.1) is 0 Å². The molecule has 2 fully saturated rings. The zero-order chi connectivity index (χ0) is 15.5. The average molecular weight is 303 g/mol. The van der Waals surface area contributed by atoms with Crippen LogP contribution in [0.2, 0.25) is 0 Å². The minimum absolute atomic E-state index is 0.206. The van der Waals surface area contributed by atoms with Crippen molar-refractivity contribution in [1.82, 2.24) is 14.8 Å². The third-order valence-corrected chi connectivity index (χ3v) is 4.59. The van der Waals surface area contributed by atoms with E-state index in [-0.39, 0.29) is 5.91 Å². The highest BCUT2D eigenvalue weighted by Crippen LogP contribution is 2.33. The fourth-order valence-electron chi connectivity index (χ4n) is 3.02. The minimum Gasteiger partial charge on any atom is -0.390 e. The summed E-state index contributed by atoms with van der Waals surface area (Å²) in [6, 6.07) is 4.00. The van der Waals surface area contributed by atoms with Gasteiger partial charge in [0.1, 0.15) is 0 Å². The first-order chi connectivity index (χ1) is 10.6. The van der Waals surface area contributed by atoms with Crippen LogP contribution in [0.25, 0.3) is 0 Å². The van der Waals surface area contributed by atoms with Crippen LogP contribution in [0.1, 0.15) is 30.5 Å². The number of carbonyl (C=O) groups is 1. The molecule has 120 valence electrons. The van der Waals surface area contributed by atoms with Crippen molar-refractivity contribution in [3.8, 4) is 0 Å². The number of aliphatic hydroxyl groups is 1. The van der Waals surface area contributed by atoms with E-state index in [9.17, 15) is 9.90 Å². The van der Waals surface area contributed by atoms with Gasteiger partial charge in [-0.3, -0.25) is 14.7 Å². The molecule has 1 saturated carbocycles. The standard InChI is InChI=1S/C17H25N3O2/c1-13-3-2-6-18-16(13)12-19-7-8-20(11-15(21)10-19)17(22)9-14-4-5-14/h2-3,6,14-15,21H,4-5,7-12H2,1H3. The molecule has 1 aliphatic carbocycles. The molecule has 5 nitrogen and oxygen atoms in total. The Hall–Kier alpha value is -1.46. The Bertz CT molecular complexity index is 530. The number of hydrogen-bond donors (Lipinski definition) is 1. The van der Waals surface area contributed by atoms with Crippen molar-refractivity contribution in [2.75, 3.05) is 26.2 Å². The first kappa shape index (κ1) is 15.4. The summed E-state index contributed by atoms with van der Waals surface area (Å²) in [7, 11) is 0. The second kappa shape index (κ2) is 6.75. The van der Waals surface area contributed by atoms with Gasteiger partial charge in [-0.25, -0.2) is 0 Å². The molecule has 1 aromatic rings. The summed E-state index contributed by atoms with van der Waals surface area (Å²) in [5, 5.41) is 10.2. The molecule has 0 aromatic carbocycles. The average Bonchev–Trinajstić information content (AvgIpc) is 3.29. The van der Waals surface area contributed by atoms with Gasteiger partial charge in [-0.05, 0) is 37.3 Å². The summed E-state index contributed by atoms with van der Waals surface area (Å²) < 4.78 is 0. The van der Waals surface area contributed by atoms with Crippen LogP contribution >= 0.6 is 0 Å². The van der Waals surface area contributed by atoms with Crippen LogP contribution in [0.5, 0.6) is 0 Å². The number of aromatic nitrogens is 1. The summed E-state index contributed by atoms with van der Waals surface area (Å²) >= 11 is 0. The van der Waals surface area contributed by atoms with E-state index < -0.39 is 6.10 Å². The maximum atomic E-state index is 12.2. The third-order valence-electron chi connectivity index (χ3n) is 4.59. The normalized spacial score (nSPS) is 23.4. The Kier molecular flexibility index (Phi) is 4.74. The van der Waals surface area contributed by atoms with Crippen LogP contribution < -0.4 is 0 Å². The fourth-order valence-corrected chi connectivity index (χ4v) is 3.02. The van der Waals surface area contributed by atoms with E-state index in [1.807, 2.05) is 17.2 Å². The van der Waals surface area contributed by atoms with E-state index in [0.29, 0.717) is 32.0 Å². The lowest BCUT2D eigenvalue weighted by Crippen LogP contribution is -2.37. The van der Waals surface area contributed by atoms with Crippen molar-refractivity contribution in [2.24, 2.45) is 5.92 Å². The molecule has 3 rings (SSSR count). The van der Waals surface area contributed by atoms with Crippen LogP contribution in [0.4, 0.5) is 0 Å². The number of pyridine rings is 1. The number of β-amino-alcohol motifs (C(OH)–C–C–N with tert-alkyl or cyclic N) is 1. The summed E-state index contributed by atoms with van der Waals surface area (Å²) in [6.45, 7) is 5.35. The first-order valence-electron chi connectivity index (χ1n) is 8.20. The quantitative estimate of drug-likeness (QED) is 0.908. The summed E-state index contributed by atoms with van der Waals surface area (Å²) in [5.41, 5.74) is 2.22. The van der Waals surface area contributed by atoms with Gasteiger partial charge in [0.05, 0.1) is 11.8 Å². The van der Waals surface area contributed by atoms with Gasteiger partial charge in [0.25, 0.3) is 0 Å². The number of amides is 1. The fraction of sp³-hybridized carbons (Fsp3) is 0.647. The Balaban J connectivity index is 1.59. The maximum Gasteiger partial charge on any atom is 0.222 e. The SMILES string of the molecule is Cc1cccnc1CN1CCN(C(=O)CC2CC2)CC(O)C1. The van der Waals surface area contributed by atoms with E-state index >= 15 is 0 Å². The van der Waals surface area contributed by atoms with Gasteiger partial charge in [0.2, 0.25) is 5.91 Å². The molecule has 1 saturated heterocycles. The zero-order valence-corrected chi connectivity index (χ0v) is 13.2. The largest absolute Gasteiger partial charge is 0.390 e. The number of nitrogens with zero attached hydrogens (tertiary/aromatic N) is 3. The van der Waals surface area contributed by atoms with E-state index in [4.69, 9.17) is 0 Å². The lowest BCUT2D eigenvalue weighted by molar-refractivity contribution is -0.132. The van der Waals surface area contributed by atoms with Gasteiger partial charge in [-0.2, -0.15) is 0 Å². The van der Waals surface area contributed by atoms with Crippen molar-refractivity contribution < 1.29 is 9.90 Å². The number of aliphatic hydroxyl groups excluding tert-OH is 1. The van der Waals surface area contributed by atoms with Crippen LogP contribution in [0.3, 0.4) is 0 Å². The molecule has 0 spiro atoms. The van der Waals surface area contributed by atoms with Crippen LogP contribution in [-0.2, 0) is 11.3 Å². The molecule has 1 N–H and O–H groups in total. The number of rotatable bonds is 4. The van der Waals surface area contributed by atoms with E-state index in [0.717, 1.165) is 18.8 Å². The van der Waals surface area contributed by atoms with Crippen LogP contribution in [-0.4, -0.2) is 58.1 Å². The van der Waals surface area contributed by atoms with Gasteiger partial charge in [0.15, 0.2) is 0 Å². The van der Waals surface area contributed by atoms with Gasteiger partial charge < -0.3 is 10.0 Å². The second-order valence-corrected chi connectivity index (χ2v) is 6.64. The Labute approximate surface area is 131 Å². The highest BCUT2D eigenvalue weighted by atomic mass is 16.3. The first-order valence-corrected chi connectivity index (χ1v) is 8.20. The molecule has 0 bridgehead atoms. The van der Waals surface area contributed by atoms with Crippen LogP contribution in [0, 0.1) is 12.8 Å². The summed E-state index contributed by atoms with van der Waals surface area (Å²) in [4.78, 5) is 20.7. The lowest BCUT2D eigenvalue weighted by Gasteiger charge is -2.22. The summed E-state index contributed by atoms with van der Waals surface area (Å²) in [5.74, 6) is 0.803. The molecule has 1 aromatic heterocycles. The monoisotopic (exact) mass is 303 g/mol.